The first-order valence-electron chi connectivity index (χ1n) is 9.73. The number of amides is 1. The average Bonchev–Trinajstić information content (AvgIpc) is 3.25. The SMILES string of the molecule is COc1cc(-c2cc(C)c3c(n2)[C@@](C)(O)N(c2cnn(CC(F)(F)F)c2)C3=O)cnc1OC. The maximum absolute atomic E-state index is 13.2. The molecule has 1 amide bonds. The summed E-state index contributed by atoms with van der Waals surface area (Å²) in [6, 6.07) is 3.32. The number of alkyl halides is 3. The van der Waals surface area contributed by atoms with Gasteiger partial charge in [0.05, 0.1) is 37.4 Å². The summed E-state index contributed by atoms with van der Waals surface area (Å²) in [5, 5.41) is 14.9. The van der Waals surface area contributed by atoms with Gasteiger partial charge in [-0.05, 0) is 31.5 Å². The number of nitrogens with zero attached hydrogens (tertiary/aromatic N) is 5. The number of fused-ring (bicyclic) bond motifs is 1. The third-order valence-corrected chi connectivity index (χ3v) is 5.26. The lowest BCUT2D eigenvalue weighted by Gasteiger charge is -2.28. The highest BCUT2D eigenvalue weighted by Gasteiger charge is 2.49. The molecule has 0 bridgehead atoms. The summed E-state index contributed by atoms with van der Waals surface area (Å²) in [4.78, 5) is 22.8. The molecule has 1 N–H and O–H groups in total. The first kappa shape index (κ1) is 22.5. The Balaban J connectivity index is 1.77. The van der Waals surface area contributed by atoms with Gasteiger partial charge in [-0.2, -0.15) is 18.3 Å². The molecule has 174 valence electrons. The van der Waals surface area contributed by atoms with E-state index in [4.69, 9.17) is 9.47 Å². The fraction of sp³-hybridized carbons (Fsp3) is 0.333. The number of hydrogen-bond acceptors (Lipinski definition) is 7. The standard InChI is InChI=1S/C21H20F3N5O4/c1-11-5-14(12-6-15(32-3)18(33-4)25-7-12)27-17-16(11)19(30)29(20(17,2)31)13-8-26-28(9-13)10-21(22,23)24/h5-9,31H,10H2,1-4H3/t20-/m1/s1. The number of hydrogen-bond donors (Lipinski definition) is 1. The van der Waals surface area contributed by atoms with Gasteiger partial charge in [-0.3, -0.25) is 14.4 Å². The normalized spacial score (nSPS) is 17.9. The van der Waals surface area contributed by atoms with Crippen LogP contribution in [0.3, 0.4) is 0 Å². The van der Waals surface area contributed by atoms with E-state index in [9.17, 15) is 23.1 Å². The average molecular weight is 463 g/mol. The van der Waals surface area contributed by atoms with E-state index in [1.807, 2.05) is 0 Å². The highest BCUT2D eigenvalue weighted by atomic mass is 19.4. The summed E-state index contributed by atoms with van der Waals surface area (Å²) < 4.78 is 49.2. The Hall–Kier alpha value is -3.67. The number of pyridine rings is 2. The van der Waals surface area contributed by atoms with E-state index in [1.165, 1.54) is 27.3 Å². The van der Waals surface area contributed by atoms with Crippen LogP contribution in [0.5, 0.6) is 11.6 Å². The van der Waals surface area contributed by atoms with E-state index < -0.39 is 24.4 Å². The molecule has 4 heterocycles. The van der Waals surface area contributed by atoms with Gasteiger partial charge in [-0.25, -0.2) is 9.97 Å². The zero-order valence-electron chi connectivity index (χ0n) is 18.1. The number of aromatic nitrogens is 4. The number of carbonyl (C=O) groups excluding carboxylic acids is 1. The van der Waals surface area contributed by atoms with E-state index >= 15 is 0 Å². The largest absolute Gasteiger partial charge is 0.491 e. The van der Waals surface area contributed by atoms with Gasteiger partial charge >= 0.3 is 6.18 Å². The predicted molar refractivity (Wildman–Crippen MR) is 110 cm³/mol. The molecule has 0 aromatic carbocycles. The highest BCUT2D eigenvalue weighted by Crippen LogP contribution is 2.42. The molecule has 9 nitrogen and oxygen atoms in total. The predicted octanol–water partition coefficient (Wildman–Crippen LogP) is 3.05. The van der Waals surface area contributed by atoms with E-state index in [2.05, 4.69) is 15.1 Å². The second-order valence-corrected chi connectivity index (χ2v) is 7.66. The lowest BCUT2D eigenvalue weighted by atomic mass is 10.0. The van der Waals surface area contributed by atoms with Crippen LogP contribution in [-0.2, 0) is 12.3 Å². The molecule has 4 rings (SSSR count). The van der Waals surface area contributed by atoms with Crippen molar-refractivity contribution in [2.24, 2.45) is 0 Å². The number of ether oxygens (including phenoxy) is 2. The van der Waals surface area contributed by atoms with Gasteiger partial charge in [0.2, 0.25) is 0 Å². The molecular formula is C21H20F3N5O4. The van der Waals surface area contributed by atoms with E-state index in [0.29, 0.717) is 27.3 Å². The van der Waals surface area contributed by atoms with Crippen molar-refractivity contribution >= 4 is 11.6 Å². The Bertz CT molecular complexity index is 1240. The molecule has 0 unspecified atom stereocenters. The van der Waals surface area contributed by atoms with Gasteiger partial charge in [0.1, 0.15) is 12.2 Å². The number of rotatable bonds is 5. The van der Waals surface area contributed by atoms with Crippen LogP contribution in [0.2, 0.25) is 0 Å². The van der Waals surface area contributed by atoms with Crippen molar-refractivity contribution in [2.75, 3.05) is 19.1 Å². The molecule has 0 radical (unpaired) electrons. The summed E-state index contributed by atoms with van der Waals surface area (Å²) >= 11 is 0. The zero-order valence-corrected chi connectivity index (χ0v) is 18.1. The number of methoxy groups -OCH3 is 2. The Morgan fingerprint density at radius 3 is 2.55 bits per heavy atom. The van der Waals surface area contributed by atoms with Crippen molar-refractivity contribution in [1.29, 1.82) is 0 Å². The quantitative estimate of drug-likeness (QED) is 0.621. The summed E-state index contributed by atoms with van der Waals surface area (Å²) in [5.41, 5.74) is -0.174. The third kappa shape index (κ3) is 3.86. The van der Waals surface area contributed by atoms with Crippen molar-refractivity contribution in [3.05, 3.63) is 47.5 Å². The van der Waals surface area contributed by atoms with Gasteiger partial charge in [0, 0.05) is 18.0 Å². The van der Waals surface area contributed by atoms with Gasteiger partial charge < -0.3 is 14.6 Å². The molecule has 0 saturated carbocycles. The second-order valence-electron chi connectivity index (χ2n) is 7.66. The maximum atomic E-state index is 13.2. The van der Waals surface area contributed by atoms with Crippen LogP contribution in [0, 0.1) is 6.92 Å². The minimum absolute atomic E-state index is 0.0148. The second kappa shape index (κ2) is 7.73. The number of carbonyl (C=O) groups is 1. The van der Waals surface area contributed by atoms with Crippen molar-refractivity contribution in [3.63, 3.8) is 0 Å². The molecule has 0 saturated heterocycles. The molecule has 0 spiro atoms. The summed E-state index contributed by atoms with van der Waals surface area (Å²) in [6.07, 6.45) is -0.816. The molecule has 1 aliphatic heterocycles. The van der Waals surface area contributed by atoms with Gasteiger partial charge in [0.15, 0.2) is 11.5 Å². The fourth-order valence-electron chi connectivity index (χ4n) is 3.83. The zero-order chi connectivity index (χ0) is 24.1. The number of aryl methyl sites for hydroxylation is 1. The number of anilines is 1. The highest BCUT2D eigenvalue weighted by molar-refractivity contribution is 6.12. The Labute approximate surface area is 186 Å². The molecule has 1 aliphatic rings. The van der Waals surface area contributed by atoms with E-state index in [1.54, 1.807) is 19.1 Å². The first-order chi connectivity index (χ1) is 15.5. The maximum Gasteiger partial charge on any atom is 0.408 e. The molecular weight excluding hydrogens is 443 g/mol. The topological polar surface area (TPSA) is 103 Å². The summed E-state index contributed by atoms with van der Waals surface area (Å²) in [5.74, 6) is 0.0587. The van der Waals surface area contributed by atoms with Crippen molar-refractivity contribution in [3.8, 4) is 22.9 Å². The van der Waals surface area contributed by atoms with Crippen LogP contribution in [0.25, 0.3) is 11.3 Å². The minimum atomic E-state index is -4.48. The van der Waals surface area contributed by atoms with Crippen molar-refractivity contribution in [1.82, 2.24) is 19.7 Å². The van der Waals surface area contributed by atoms with Crippen LogP contribution >= 0.6 is 0 Å². The molecule has 3 aromatic rings. The molecule has 3 aromatic heterocycles. The van der Waals surface area contributed by atoms with Crippen LogP contribution in [0.1, 0.15) is 28.5 Å². The van der Waals surface area contributed by atoms with E-state index in [-0.39, 0.29) is 22.8 Å². The number of aliphatic hydroxyl groups is 1. The van der Waals surface area contributed by atoms with E-state index in [0.717, 1.165) is 17.3 Å². The third-order valence-electron chi connectivity index (χ3n) is 5.26. The monoisotopic (exact) mass is 463 g/mol. The van der Waals surface area contributed by atoms with Crippen molar-refractivity contribution in [2.45, 2.75) is 32.3 Å². The smallest absolute Gasteiger partial charge is 0.408 e. The summed E-state index contributed by atoms with van der Waals surface area (Å²) in [6.45, 7) is 1.71. The van der Waals surface area contributed by atoms with Crippen LogP contribution in [0.4, 0.5) is 18.9 Å². The molecule has 1 atom stereocenters. The van der Waals surface area contributed by atoms with Crippen molar-refractivity contribution < 1.29 is 32.5 Å². The van der Waals surface area contributed by atoms with Crippen LogP contribution in [0.15, 0.2) is 30.7 Å². The first-order valence-corrected chi connectivity index (χ1v) is 9.73. The minimum Gasteiger partial charge on any atom is -0.491 e. The van der Waals surface area contributed by atoms with Gasteiger partial charge in [-0.15, -0.1) is 0 Å². The Morgan fingerprint density at radius 1 is 1.18 bits per heavy atom. The Kier molecular flexibility index (Phi) is 5.27. The molecule has 12 heteroatoms. The van der Waals surface area contributed by atoms with Crippen LogP contribution in [-0.4, -0.2) is 51.2 Å². The molecule has 0 fully saturated rings. The molecule has 0 aliphatic carbocycles. The lowest BCUT2D eigenvalue weighted by Crippen LogP contribution is -2.41. The molecule has 33 heavy (non-hydrogen) atoms. The Morgan fingerprint density at radius 2 is 1.91 bits per heavy atom. The van der Waals surface area contributed by atoms with Gasteiger partial charge in [0.25, 0.3) is 11.8 Å². The lowest BCUT2D eigenvalue weighted by molar-refractivity contribution is -0.142. The van der Waals surface area contributed by atoms with Gasteiger partial charge in [-0.1, -0.05) is 0 Å². The fourth-order valence-corrected chi connectivity index (χ4v) is 3.83. The summed E-state index contributed by atoms with van der Waals surface area (Å²) in [7, 11) is 2.92. The number of halogens is 3. The van der Waals surface area contributed by atoms with Crippen LogP contribution < -0.4 is 14.4 Å².